The maximum Gasteiger partial charge on any atom is 0.206 e. The molecule has 5 nitrogen and oxygen atoms in total. The minimum Gasteiger partial charge on any atom is -0.341 e. The molecule has 0 radical (unpaired) electrons. The number of hydrogen-bond donors (Lipinski definition) is 1. The van der Waals surface area contributed by atoms with Gasteiger partial charge in [0.05, 0.1) is 15.6 Å². The zero-order valence-electron chi connectivity index (χ0n) is 13.2. The number of nitrogens with two attached hydrogens (primary N) is 1. The number of nitrogens with zero attached hydrogens (tertiary/aromatic N) is 4. The molecular weight excluding hydrogens is 422 g/mol. The first-order valence-electron chi connectivity index (χ1n) is 7.74. The minimum absolute atomic E-state index is 0.179. The second-order valence-electron chi connectivity index (χ2n) is 6.25. The van der Waals surface area contributed by atoms with Crippen LogP contribution in [0, 0.1) is 11.3 Å². The highest BCUT2D eigenvalue weighted by Gasteiger charge is 2.25. The molecule has 1 saturated heterocycles. The number of aromatic nitrogens is 2. The molecule has 2 heterocycles. The highest BCUT2D eigenvalue weighted by molar-refractivity contribution is 9.13. The van der Waals surface area contributed by atoms with Gasteiger partial charge in [0.25, 0.3) is 0 Å². The monoisotopic (exact) mass is 439 g/mol. The molecule has 23 heavy (non-hydrogen) atoms. The molecule has 0 aliphatic carbocycles. The molecule has 1 atom stereocenters. The van der Waals surface area contributed by atoms with Crippen molar-refractivity contribution in [3.63, 3.8) is 0 Å². The number of anilines is 1. The van der Waals surface area contributed by atoms with E-state index in [9.17, 15) is 5.26 Å². The lowest BCUT2D eigenvalue weighted by molar-refractivity contribution is 0.487. The quantitative estimate of drug-likeness (QED) is 0.767. The van der Waals surface area contributed by atoms with Crippen molar-refractivity contribution in [1.29, 1.82) is 5.26 Å². The van der Waals surface area contributed by atoms with E-state index in [1.807, 2.05) is 6.07 Å². The predicted molar refractivity (Wildman–Crippen MR) is 99.7 cm³/mol. The van der Waals surface area contributed by atoms with Crippen LogP contribution in [0.5, 0.6) is 0 Å². The molecule has 1 aromatic carbocycles. The summed E-state index contributed by atoms with van der Waals surface area (Å²) < 4.78 is 3.82. The first-order valence-corrected chi connectivity index (χ1v) is 9.33. The fraction of sp³-hybridized carbons (Fsp3) is 0.500. The van der Waals surface area contributed by atoms with Gasteiger partial charge in [0.15, 0.2) is 0 Å². The summed E-state index contributed by atoms with van der Waals surface area (Å²) in [5, 5.41) is 9.55. The summed E-state index contributed by atoms with van der Waals surface area (Å²) in [5.74, 6) is 0.909. The molecule has 2 aromatic rings. The molecule has 0 unspecified atom stereocenters. The van der Waals surface area contributed by atoms with E-state index in [0.29, 0.717) is 5.56 Å². The third-order valence-electron chi connectivity index (χ3n) is 4.23. The second kappa shape index (κ2) is 6.42. The summed E-state index contributed by atoms with van der Waals surface area (Å²) in [6.07, 6.45) is 2.12. The van der Waals surface area contributed by atoms with Gasteiger partial charge in [-0.1, -0.05) is 0 Å². The van der Waals surface area contributed by atoms with Crippen molar-refractivity contribution in [3.05, 3.63) is 20.6 Å². The number of piperidine rings is 1. The molecule has 7 heteroatoms. The van der Waals surface area contributed by atoms with Crippen molar-refractivity contribution in [2.45, 2.75) is 38.8 Å². The van der Waals surface area contributed by atoms with Gasteiger partial charge in [-0.2, -0.15) is 5.26 Å². The normalized spacial score (nSPS) is 18.7. The van der Waals surface area contributed by atoms with Crippen LogP contribution < -0.4 is 10.6 Å². The molecule has 0 spiro atoms. The van der Waals surface area contributed by atoms with Crippen molar-refractivity contribution in [1.82, 2.24) is 9.55 Å². The average Bonchev–Trinajstić information content (AvgIpc) is 2.87. The van der Waals surface area contributed by atoms with Crippen molar-refractivity contribution in [2.24, 2.45) is 5.73 Å². The van der Waals surface area contributed by atoms with E-state index in [4.69, 9.17) is 10.7 Å². The predicted octanol–water partition coefficient (Wildman–Crippen LogP) is 3.94. The molecule has 1 fully saturated rings. The van der Waals surface area contributed by atoms with Gasteiger partial charge in [-0.05, 0) is 64.6 Å². The zero-order valence-corrected chi connectivity index (χ0v) is 16.4. The molecule has 2 N–H and O–H groups in total. The number of rotatable bonds is 2. The van der Waals surface area contributed by atoms with E-state index in [1.54, 1.807) is 0 Å². The van der Waals surface area contributed by atoms with Gasteiger partial charge in [0.1, 0.15) is 11.6 Å². The molecule has 1 aliphatic rings. The summed E-state index contributed by atoms with van der Waals surface area (Å²) in [5.41, 5.74) is 8.42. The molecule has 1 aliphatic heterocycles. The van der Waals surface area contributed by atoms with E-state index in [1.165, 1.54) is 0 Å². The highest BCUT2D eigenvalue weighted by Crippen LogP contribution is 2.37. The van der Waals surface area contributed by atoms with Gasteiger partial charge in [0, 0.05) is 29.6 Å². The number of imidazole rings is 1. The Morgan fingerprint density at radius 3 is 2.78 bits per heavy atom. The van der Waals surface area contributed by atoms with E-state index < -0.39 is 0 Å². The summed E-state index contributed by atoms with van der Waals surface area (Å²) in [6, 6.07) is 4.72. The van der Waals surface area contributed by atoms with E-state index in [2.05, 4.69) is 61.2 Å². The summed E-state index contributed by atoms with van der Waals surface area (Å²) in [4.78, 5) is 7.07. The van der Waals surface area contributed by atoms with Crippen molar-refractivity contribution < 1.29 is 0 Å². The summed E-state index contributed by atoms with van der Waals surface area (Å²) in [7, 11) is 0. The maximum atomic E-state index is 9.55. The minimum atomic E-state index is 0.179. The van der Waals surface area contributed by atoms with Gasteiger partial charge in [-0.15, -0.1) is 0 Å². The van der Waals surface area contributed by atoms with Gasteiger partial charge >= 0.3 is 0 Å². The molecular formula is C16H19Br2N5. The molecule has 122 valence electrons. The maximum absolute atomic E-state index is 9.55. The van der Waals surface area contributed by atoms with Crippen LogP contribution in [0.1, 0.15) is 38.3 Å². The lowest BCUT2D eigenvalue weighted by Gasteiger charge is -2.32. The first-order chi connectivity index (χ1) is 10.9. The Balaban J connectivity index is 2.26. The first kappa shape index (κ1) is 16.7. The number of hydrogen-bond acceptors (Lipinski definition) is 4. The fourth-order valence-electron chi connectivity index (χ4n) is 3.19. The van der Waals surface area contributed by atoms with Crippen LogP contribution in [0.4, 0.5) is 5.95 Å². The third kappa shape index (κ3) is 2.88. The van der Waals surface area contributed by atoms with Crippen molar-refractivity contribution in [2.75, 3.05) is 18.0 Å². The van der Waals surface area contributed by atoms with E-state index in [-0.39, 0.29) is 12.1 Å². The van der Waals surface area contributed by atoms with Crippen LogP contribution in [0.3, 0.4) is 0 Å². The van der Waals surface area contributed by atoms with Crippen LogP contribution in [0.15, 0.2) is 15.0 Å². The largest absolute Gasteiger partial charge is 0.341 e. The van der Waals surface area contributed by atoms with Crippen LogP contribution in [0.2, 0.25) is 0 Å². The van der Waals surface area contributed by atoms with Crippen molar-refractivity contribution >= 4 is 48.8 Å². The number of nitriles is 1. The standard InChI is InChI=1S/C16H19Br2N5/c1-9(2)23-13-6-12(17)14(18)11(7-19)15(13)21-16(23)22-5-3-4-10(20)8-22/h6,9-10H,3-5,8,20H2,1-2H3/t10-/m1/s1. The molecule has 3 rings (SSSR count). The van der Waals surface area contributed by atoms with Crippen LogP contribution >= 0.6 is 31.9 Å². The topological polar surface area (TPSA) is 70.9 Å². The fourth-order valence-corrected chi connectivity index (χ4v) is 3.99. The Morgan fingerprint density at radius 2 is 2.17 bits per heavy atom. The van der Waals surface area contributed by atoms with Gasteiger partial charge < -0.3 is 15.2 Å². The number of benzene rings is 1. The Kier molecular flexibility index (Phi) is 4.68. The van der Waals surface area contributed by atoms with Crippen LogP contribution in [-0.4, -0.2) is 28.7 Å². The zero-order chi connectivity index (χ0) is 16.7. The van der Waals surface area contributed by atoms with Crippen LogP contribution in [-0.2, 0) is 0 Å². The smallest absolute Gasteiger partial charge is 0.206 e. The number of halogens is 2. The number of fused-ring (bicyclic) bond motifs is 1. The lowest BCUT2D eigenvalue weighted by Crippen LogP contribution is -2.44. The molecule has 0 amide bonds. The van der Waals surface area contributed by atoms with Gasteiger partial charge in [-0.25, -0.2) is 4.98 Å². The van der Waals surface area contributed by atoms with Crippen LogP contribution in [0.25, 0.3) is 11.0 Å². The Morgan fingerprint density at radius 1 is 1.43 bits per heavy atom. The Bertz CT molecular complexity index is 790. The van der Waals surface area contributed by atoms with E-state index >= 15 is 0 Å². The second-order valence-corrected chi connectivity index (χ2v) is 7.90. The van der Waals surface area contributed by atoms with Gasteiger partial charge in [-0.3, -0.25) is 0 Å². The summed E-state index contributed by atoms with van der Waals surface area (Å²) in [6.45, 7) is 6.03. The lowest BCUT2D eigenvalue weighted by atomic mass is 10.1. The molecule has 0 bridgehead atoms. The molecule has 1 aromatic heterocycles. The summed E-state index contributed by atoms with van der Waals surface area (Å²) >= 11 is 7.02. The molecule has 0 saturated carbocycles. The van der Waals surface area contributed by atoms with Crippen molar-refractivity contribution in [3.8, 4) is 6.07 Å². The third-order valence-corrected chi connectivity index (χ3v) is 6.21. The Hall–Kier alpha value is -1.10. The SMILES string of the molecule is CC(C)n1c(N2CCC[C@@H](N)C2)nc2c(C#N)c(Br)c(Br)cc21. The average molecular weight is 441 g/mol. The van der Waals surface area contributed by atoms with Gasteiger partial charge in [0.2, 0.25) is 5.95 Å². The Labute approximate surface area is 152 Å². The van der Waals surface area contributed by atoms with E-state index in [0.717, 1.165) is 51.9 Å². The highest BCUT2D eigenvalue weighted by atomic mass is 79.9.